The number of aliphatic hydroxyl groups is 1. The van der Waals surface area contributed by atoms with Gasteiger partial charge in [-0.2, -0.15) is 0 Å². The third-order valence-corrected chi connectivity index (χ3v) is 2.79. The predicted octanol–water partition coefficient (Wildman–Crippen LogP) is 4.15. The van der Waals surface area contributed by atoms with Gasteiger partial charge in [0.15, 0.2) is 5.75 Å². The molecule has 0 aliphatic heterocycles. The van der Waals surface area contributed by atoms with Crippen molar-refractivity contribution in [2.75, 3.05) is 7.11 Å². The molecular weight excluding hydrogens is 262 g/mol. The first-order chi connectivity index (χ1) is 10.4. The summed E-state index contributed by atoms with van der Waals surface area (Å²) in [7, 11) is 1.00. The van der Waals surface area contributed by atoms with E-state index in [1.54, 1.807) is 6.20 Å². The molecule has 0 saturated heterocycles. The molecule has 1 heterocycles. The van der Waals surface area contributed by atoms with Gasteiger partial charge in [-0.15, -0.1) is 0 Å². The van der Waals surface area contributed by atoms with Gasteiger partial charge in [0.05, 0.1) is 0 Å². The molecule has 0 fully saturated rings. The van der Waals surface area contributed by atoms with Crippen LogP contribution in [0.1, 0.15) is 0 Å². The Morgan fingerprint density at radius 2 is 1.38 bits per heavy atom. The molecule has 3 heteroatoms. The Balaban J connectivity index is 0.000000774. The number of para-hydroxylation sites is 1. The summed E-state index contributed by atoms with van der Waals surface area (Å²) in [5.41, 5.74) is 1.90. The van der Waals surface area contributed by atoms with E-state index in [1.807, 2.05) is 72.8 Å². The summed E-state index contributed by atoms with van der Waals surface area (Å²) >= 11 is 0. The first-order valence-corrected chi connectivity index (χ1v) is 6.61. The molecule has 0 amide bonds. The monoisotopic (exact) mass is 279 g/mol. The van der Waals surface area contributed by atoms with E-state index in [1.165, 1.54) is 0 Å². The van der Waals surface area contributed by atoms with E-state index in [9.17, 15) is 0 Å². The van der Waals surface area contributed by atoms with Crippen molar-refractivity contribution in [3.8, 4) is 22.8 Å². The summed E-state index contributed by atoms with van der Waals surface area (Å²) in [6, 6.07) is 23.6. The molecule has 1 aromatic heterocycles. The Morgan fingerprint density at radius 1 is 0.762 bits per heavy atom. The molecule has 0 aliphatic carbocycles. The molecule has 2 aromatic carbocycles. The van der Waals surface area contributed by atoms with Crippen molar-refractivity contribution in [2.45, 2.75) is 0 Å². The van der Waals surface area contributed by atoms with Crippen LogP contribution in [0.2, 0.25) is 0 Å². The molecule has 0 spiro atoms. The molecule has 106 valence electrons. The summed E-state index contributed by atoms with van der Waals surface area (Å²) < 4.78 is 5.90. The van der Waals surface area contributed by atoms with E-state index in [4.69, 9.17) is 9.84 Å². The van der Waals surface area contributed by atoms with Crippen LogP contribution in [-0.4, -0.2) is 17.2 Å². The number of hydrogen-bond donors (Lipinski definition) is 1. The lowest BCUT2D eigenvalue weighted by atomic mass is 10.1. The fraction of sp³-hybridized carbons (Fsp3) is 0.0556. The summed E-state index contributed by atoms with van der Waals surface area (Å²) in [5, 5.41) is 7.00. The van der Waals surface area contributed by atoms with Crippen molar-refractivity contribution in [1.82, 2.24) is 4.98 Å². The Hall–Kier alpha value is -2.65. The molecule has 1 N–H and O–H groups in total. The number of rotatable bonds is 3. The highest BCUT2D eigenvalue weighted by Crippen LogP contribution is 2.30. The topological polar surface area (TPSA) is 42.4 Å². The highest BCUT2D eigenvalue weighted by Gasteiger charge is 2.07. The third-order valence-electron chi connectivity index (χ3n) is 2.79. The van der Waals surface area contributed by atoms with Crippen LogP contribution in [0.4, 0.5) is 0 Å². The standard InChI is InChI=1S/C17H13NO.CH4O/c1-3-8-14(9-4-1)17-16(12-7-13-18-17)19-15-10-5-2-6-11-15;1-2/h1-13H;2H,1H3. The highest BCUT2D eigenvalue weighted by atomic mass is 16.5. The summed E-state index contributed by atoms with van der Waals surface area (Å²) in [6.45, 7) is 0. The van der Waals surface area contributed by atoms with Crippen molar-refractivity contribution < 1.29 is 9.84 Å². The Kier molecular flexibility index (Phi) is 5.50. The van der Waals surface area contributed by atoms with Gasteiger partial charge >= 0.3 is 0 Å². The second kappa shape index (κ2) is 7.82. The third kappa shape index (κ3) is 3.91. The van der Waals surface area contributed by atoms with E-state index >= 15 is 0 Å². The average Bonchev–Trinajstić information content (AvgIpc) is 2.59. The quantitative estimate of drug-likeness (QED) is 0.783. The largest absolute Gasteiger partial charge is 0.455 e. The minimum atomic E-state index is 0.764. The number of nitrogens with zero attached hydrogens (tertiary/aromatic N) is 1. The molecular formula is C18H17NO2. The van der Waals surface area contributed by atoms with Crippen LogP contribution in [0.25, 0.3) is 11.3 Å². The van der Waals surface area contributed by atoms with Gasteiger partial charge in [-0.3, -0.25) is 4.98 Å². The Bertz CT molecular complexity index is 654. The minimum absolute atomic E-state index is 0.764. The zero-order valence-corrected chi connectivity index (χ0v) is 11.8. The van der Waals surface area contributed by atoms with Crippen molar-refractivity contribution in [3.05, 3.63) is 79.0 Å². The Morgan fingerprint density at radius 3 is 2.05 bits per heavy atom. The fourth-order valence-electron chi connectivity index (χ4n) is 1.90. The van der Waals surface area contributed by atoms with Crippen molar-refractivity contribution in [1.29, 1.82) is 0 Å². The molecule has 0 saturated carbocycles. The van der Waals surface area contributed by atoms with E-state index in [0.29, 0.717) is 0 Å². The molecule has 0 bridgehead atoms. The zero-order valence-electron chi connectivity index (χ0n) is 11.8. The summed E-state index contributed by atoms with van der Waals surface area (Å²) in [5.74, 6) is 1.58. The smallest absolute Gasteiger partial charge is 0.153 e. The molecule has 3 rings (SSSR count). The highest BCUT2D eigenvalue weighted by molar-refractivity contribution is 5.66. The number of aliphatic hydroxyl groups excluding tert-OH is 1. The first kappa shape index (κ1) is 14.8. The van der Waals surface area contributed by atoms with Gasteiger partial charge in [0.2, 0.25) is 0 Å². The van der Waals surface area contributed by atoms with Crippen LogP contribution in [0.3, 0.4) is 0 Å². The van der Waals surface area contributed by atoms with Gasteiger partial charge in [0.25, 0.3) is 0 Å². The summed E-state index contributed by atoms with van der Waals surface area (Å²) in [6.07, 6.45) is 1.78. The molecule has 0 radical (unpaired) electrons. The van der Waals surface area contributed by atoms with Crippen molar-refractivity contribution in [3.63, 3.8) is 0 Å². The van der Waals surface area contributed by atoms with Crippen molar-refractivity contribution >= 4 is 0 Å². The van der Waals surface area contributed by atoms with Gasteiger partial charge in [-0.1, -0.05) is 48.5 Å². The van der Waals surface area contributed by atoms with E-state index in [2.05, 4.69) is 4.98 Å². The Labute approximate surface area is 124 Å². The van der Waals surface area contributed by atoms with Crippen LogP contribution >= 0.6 is 0 Å². The lowest BCUT2D eigenvalue weighted by Gasteiger charge is -2.10. The SMILES string of the molecule is CO.c1ccc(Oc2cccnc2-c2ccccc2)cc1. The van der Waals surface area contributed by atoms with Gasteiger partial charge in [0, 0.05) is 18.9 Å². The number of pyridine rings is 1. The minimum Gasteiger partial charge on any atom is -0.455 e. The molecule has 0 unspecified atom stereocenters. The van der Waals surface area contributed by atoms with Crippen LogP contribution in [-0.2, 0) is 0 Å². The number of benzene rings is 2. The molecule has 0 atom stereocenters. The molecule has 0 aliphatic rings. The molecule has 3 aromatic rings. The van der Waals surface area contributed by atoms with Gasteiger partial charge in [-0.05, 0) is 24.3 Å². The van der Waals surface area contributed by atoms with Gasteiger partial charge < -0.3 is 9.84 Å². The second-order valence-corrected chi connectivity index (χ2v) is 4.13. The van der Waals surface area contributed by atoms with Gasteiger partial charge in [-0.25, -0.2) is 0 Å². The lowest BCUT2D eigenvalue weighted by Crippen LogP contribution is -1.90. The fourth-order valence-corrected chi connectivity index (χ4v) is 1.90. The molecule has 3 nitrogen and oxygen atoms in total. The maximum Gasteiger partial charge on any atom is 0.153 e. The number of hydrogen-bond acceptors (Lipinski definition) is 3. The normalized spacial score (nSPS) is 9.43. The second-order valence-electron chi connectivity index (χ2n) is 4.13. The van der Waals surface area contributed by atoms with E-state index in [0.717, 1.165) is 29.9 Å². The van der Waals surface area contributed by atoms with Gasteiger partial charge in [0.1, 0.15) is 11.4 Å². The van der Waals surface area contributed by atoms with E-state index < -0.39 is 0 Å². The van der Waals surface area contributed by atoms with Crippen molar-refractivity contribution in [2.24, 2.45) is 0 Å². The van der Waals surface area contributed by atoms with Crippen LogP contribution in [0, 0.1) is 0 Å². The number of aromatic nitrogens is 1. The maximum absolute atomic E-state index is 7.00. The van der Waals surface area contributed by atoms with Crippen LogP contribution in [0.5, 0.6) is 11.5 Å². The predicted molar refractivity (Wildman–Crippen MR) is 84.3 cm³/mol. The molecule has 21 heavy (non-hydrogen) atoms. The number of ether oxygens (including phenoxy) is 1. The van der Waals surface area contributed by atoms with Crippen LogP contribution < -0.4 is 4.74 Å². The van der Waals surface area contributed by atoms with E-state index in [-0.39, 0.29) is 0 Å². The van der Waals surface area contributed by atoms with Crippen LogP contribution in [0.15, 0.2) is 79.0 Å². The average molecular weight is 279 g/mol. The summed E-state index contributed by atoms with van der Waals surface area (Å²) in [4.78, 5) is 4.42. The lowest BCUT2D eigenvalue weighted by molar-refractivity contribution is 0.399. The first-order valence-electron chi connectivity index (χ1n) is 6.61. The maximum atomic E-state index is 7.00. The zero-order chi connectivity index (χ0) is 14.9.